The van der Waals surface area contributed by atoms with Crippen LogP contribution in [-0.4, -0.2) is 52.5 Å². The molecular weight excluding hydrogens is 484 g/mol. The van der Waals surface area contributed by atoms with Gasteiger partial charge >= 0.3 is 0 Å². The summed E-state index contributed by atoms with van der Waals surface area (Å²) in [5.41, 5.74) is 6.55. The molecule has 0 amide bonds. The molecule has 1 saturated heterocycles. The lowest BCUT2D eigenvalue weighted by Gasteiger charge is -2.30. The van der Waals surface area contributed by atoms with Crippen LogP contribution in [0, 0.1) is 0 Å². The van der Waals surface area contributed by atoms with E-state index in [9.17, 15) is 0 Å². The maximum absolute atomic E-state index is 4.89. The standard InChI is InChI=1S/C31H28N8/c1-2-5-24(6-3-1)28-27(34-31-33-15-4-18-39(28)31)23-9-7-22(8-10-23)21-38-19-13-26(14-20-38)30-35-29(36-37-30)25-11-16-32-17-12-25/h1-12,15-18,26H,13-14,19-21H2,(H,35,36,37). The van der Waals surface area contributed by atoms with E-state index in [4.69, 9.17) is 9.97 Å². The van der Waals surface area contributed by atoms with Gasteiger partial charge in [0.2, 0.25) is 5.78 Å². The molecule has 192 valence electrons. The summed E-state index contributed by atoms with van der Waals surface area (Å²) in [6.45, 7) is 2.99. The van der Waals surface area contributed by atoms with E-state index < -0.39 is 0 Å². The summed E-state index contributed by atoms with van der Waals surface area (Å²) in [6.07, 6.45) is 9.48. The predicted molar refractivity (Wildman–Crippen MR) is 151 cm³/mol. The Hall–Kier alpha value is -4.69. The van der Waals surface area contributed by atoms with Gasteiger partial charge in [-0.25, -0.2) is 15.0 Å². The van der Waals surface area contributed by atoms with E-state index in [1.165, 1.54) is 5.56 Å². The number of piperidine rings is 1. The normalized spacial score (nSPS) is 14.7. The Bertz CT molecular complexity index is 1680. The van der Waals surface area contributed by atoms with E-state index in [1.54, 1.807) is 18.6 Å². The van der Waals surface area contributed by atoms with Crippen LogP contribution >= 0.6 is 0 Å². The molecule has 1 N–H and O–H groups in total. The zero-order valence-corrected chi connectivity index (χ0v) is 21.5. The molecule has 5 heterocycles. The Morgan fingerprint density at radius 1 is 0.769 bits per heavy atom. The molecule has 39 heavy (non-hydrogen) atoms. The van der Waals surface area contributed by atoms with Gasteiger partial charge in [0.25, 0.3) is 0 Å². The molecule has 8 nitrogen and oxygen atoms in total. The van der Waals surface area contributed by atoms with Crippen molar-refractivity contribution in [3.63, 3.8) is 0 Å². The Labute approximate surface area is 226 Å². The highest BCUT2D eigenvalue weighted by Gasteiger charge is 2.24. The fourth-order valence-corrected chi connectivity index (χ4v) is 5.43. The summed E-state index contributed by atoms with van der Waals surface area (Å²) in [4.78, 5) is 20.7. The van der Waals surface area contributed by atoms with Crippen molar-refractivity contribution >= 4 is 5.78 Å². The van der Waals surface area contributed by atoms with E-state index in [1.807, 2.05) is 30.5 Å². The summed E-state index contributed by atoms with van der Waals surface area (Å²) in [5.74, 6) is 2.82. The lowest BCUT2D eigenvalue weighted by molar-refractivity contribution is 0.202. The molecule has 0 unspecified atom stereocenters. The number of rotatable bonds is 6. The van der Waals surface area contributed by atoms with Gasteiger partial charge in [-0.2, -0.15) is 5.10 Å². The maximum atomic E-state index is 4.89. The Morgan fingerprint density at radius 3 is 2.36 bits per heavy atom. The van der Waals surface area contributed by atoms with Crippen molar-refractivity contribution in [1.29, 1.82) is 0 Å². The smallest absolute Gasteiger partial charge is 0.234 e. The maximum Gasteiger partial charge on any atom is 0.234 e. The topological polar surface area (TPSA) is 87.9 Å². The van der Waals surface area contributed by atoms with E-state index in [0.29, 0.717) is 11.7 Å². The summed E-state index contributed by atoms with van der Waals surface area (Å²) in [6, 6.07) is 25.1. The Balaban J connectivity index is 1.04. The third kappa shape index (κ3) is 4.70. The summed E-state index contributed by atoms with van der Waals surface area (Å²) < 4.78 is 2.07. The number of pyridine rings is 1. The van der Waals surface area contributed by atoms with Gasteiger partial charge in [-0.05, 0) is 49.7 Å². The minimum atomic E-state index is 0.385. The molecule has 0 radical (unpaired) electrons. The van der Waals surface area contributed by atoms with Crippen molar-refractivity contribution in [2.75, 3.05) is 13.1 Å². The average molecular weight is 513 g/mol. The van der Waals surface area contributed by atoms with Crippen LogP contribution in [0.25, 0.3) is 39.7 Å². The minimum Gasteiger partial charge on any atom is -0.299 e. The van der Waals surface area contributed by atoms with Gasteiger partial charge in [0.05, 0.1) is 11.4 Å². The fourth-order valence-electron chi connectivity index (χ4n) is 5.43. The third-order valence-corrected chi connectivity index (χ3v) is 7.49. The summed E-state index contributed by atoms with van der Waals surface area (Å²) in [5, 5.41) is 7.62. The first-order valence-corrected chi connectivity index (χ1v) is 13.3. The quantitative estimate of drug-likeness (QED) is 0.312. The molecule has 2 aromatic carbocycles. The lowest BCUT2D eigenvalue weighted by Crippen LogP contribution is -2.32. The van der Waals surface area contributed by atoms with Crippen LogP contribution in [0.4, 0.5) is 0 Å². The molecule has 1 fully saturated rings. The van der Waals surface area contributed by atoms with Gasteiger partial charge in [0.15, 0.2) is 11.6 Å². The van der Waals surface area contributed by atoms with Crippen LogP contribution in [0.5, 0.6) is 0 Å². The second-order valence-electron chi connectivity index (χ2n) is 9.99. The molecule has 1 aliphatic heterocycles. The van der Waals surface area contributed by atoms with E-state index in [0.717, 1.165) is 72.2 Å². The monoisotopic (exact) mass is 512 g/mol. The van der Waals surface area contributed by atoms with Crippen molar-refractivity contribution < 1.29 is 0 Å². The summed E-state index contributed by atoms with van der Waals surface area (Å²) in [7, 11) is 0. The van der Waals surface area contributed by atoms with Crippen LogP contribution in [0.1, 0.15) is 30.1 Å². The molecule has 0 saturated carbocycles. The zero-order chi connectivity index (χ0) is 26.0. The van der Waals surface area contributed by atoms with Crippen LogP contribution in [-0.2, 0) is 6.54 Å². The number of benzene rings is 2. The number of nitrogens with one attached hydrogen (secondary N) is 1. The molecule has 7 rings (SSSR count). The van der Waals surface area contributed by atoms with Gasteiger partial charge in [-0.15, -0.1) is 0 Å². The number of H-pyrrole nitrogens is 1. The van der Waals surface area contributed by atoms with Crippen molar-refractivity contribution in [3.05, 3.63) is 109 Å². The van der Waals surface area contributed by atoms with E-state index in [-0.39, 0.29) is 0 Å². The first kappa shape index (κ1) is 23.4. The number of hydrogen-bond donors (Lipinski definition) is 1. The molecule has 4 aromatic heterocycles. The molecule has 0 atom stereocenters. The highest BCUT2D eigenvalue weighted by Crippen LogP contribution is 2.33. The van der Waals surface area contributed by atoms with E-state index in [2.05, 4.69) is 78.0 Å². The SMILES string of the molecule is c1ccc(-c2c(-c3ccc(CN4CCC(c5n[nH]c(-c6ccncc6)n5)CC4)cc3)nc3ncccn23)cc1. The average Bonchev–Trinajstić information content (AvgIpc) is 3.65. The molecule has 8 heteroatoms. The lowest BCUT2D eigenvalue weighted by atomic mass is 9.95. The number of likely N-dealkylation sites (tertiary alicyclic amines) is 1. The van der Waals surface area contributed by atoms with Gasteiger partial charge in [-0.3, -0.25) is 19.4 Å². The van der Waals surface area contributed by atoms with Crippen LogP contribution in [0.3, 0.4) is 0 Å². The zero-order valence-electron chi connectivity index (χ0n) is 21.5. The number of imidazole rings is 1. The van der Waals surface area contributed by atoms with Crippen molar-refractivity contribution in [3.8, 4) is 33.9 Å². The molecule has 6 aromatic rings. The second-order valence-corrected chi connectivity index (χ2v) is 9.99. The van der Waals surface area contributed by atoms with Crippen molar-refractivity contribution in [2.24, 2.45) is 0 Å². The largest absolute Gasteiger partial charge is 0.299 e. The number of aromatic amines is 1. The highest BCUT2D eigenvalue weighted by atomic mass is 15.2. The first-order chi connectivity index (χ1) is 19.3. The minimum absolute atomic E-state index is 0.385. The van der Waals surface area contributed by atoms with Gasteiger partial charge in [-0.1, -0.05) is 54.6 Å². The molecule has 0 aliphatic carbocycles. The van der Waals surface area contributed by atoms with Gasteiger partial charge < -0.3 is 0 Å². The molecule has 1 aliphatic rings. The Morgan fingerprint density at radius 2 is 1.56 bits per heavy atom. The van der Waals surface area contributed by atoms with Gasteiger partial charge in [0.1, 0.15) is 0 Å². The number of aromatic nitrogens is 7. The first-order valence-electron chi connectivity index (χ1n) is 13.3. The third-order valence-electron chi connectivity index (χ3n) is 7.49. The number of fused-ring (bicyclic) bond motifs is 1. The van der Waals surface area contributed by atoms with Crippen LogP contribution in [0.15, 0.2) is 97.6 Å². The van der Waals surface area contributed by atoms with Crippen molar-refractivity contribution in [1.82, 2.24) is 39.4 Å². The Kier molecular flexibility index (Phi) is 6.14. The second kappa shape index (κ2) is 10.2. The van der Waals surface area contributed by atoms with E-state index >= 15 is 0 Å². The number of nitrogens with zero attached hydrogens (tertiary/aromatic N) is 7. The summed E-state index contributed by atoms with van der Waals surface area (Å²) >= 11 is 0. The fraction of sp³-hybridized carbons (Fsp3) is 0.194. The highest BCUT2D eigenvalue weighted by molar-refractivity contribution is 5.81. The molecular formula is C31H28N8. The van der Waals surface area contributed by atoms with Gasteiger partial charge in [0, 0.05) is 53.9 Å². The number of hydrogen-bond acceptors (Lipinski definition) is 6. The molecule has 0 bridgehead atoms. The molecule has 0 spiro atoms. The predicted octanol–water partition coefficient (Wildman–Crippen LogP) is 5.62. The van der Waals surface area contributed by atoms with Crippen molar-refractivity contribution in [2.45, 2.75) is 25.3 Å². The van der Waals surface area contributed by atoms with Crippen LogP contribution in [0.2, 0.25) is 0 Å². The van der Waals surface area contributed by atoms with Crippen LogP contribution < -0.4 is 0 Å².